The summed E-state index contributed by atoms with van der Waals surface area (Å²) in [5.41, 5.74) is 1.18. The predicted molar refractivity (Wildman–Crippen MR) is 56.3 cm³/mol. The minimum absolute atomic E-state index is 0.561. The first-order valence-electron chi connectivity index (χ1n) is 4.45. The molecule has 0 aliphatic heterocycles. The van der Waals surface area contributed by atoms with Crippen LogP contribution in [0.15, 0.2) is 17.5 Å². The number of alkyl halides is 3. The van der Waals surface area contributed by atoms with Crippen molar-refractivity contribution in [2.45, 2.75) is 20.0 Å². The summed E-state index contributed by atoms with van der Waals surface area (Å²) in [5.74, 6) is 0. The summed E-state index contributed by atoms with van der Waals surface area (Å²) in [6.45, 7) is 3.64. The van der Waals surface area contributed by atoms with Crippen molar-refractivity contribution >= 4 is 21.4 Å². The Kier molecular flexibility index (Phi) is 2.26. The number of thiophene rings is 1. The summed E-state index contributed by atoms with van der Waals surface area (Å²) in [7, 11) is 0. The van der Waals surface area contributed by atoms with Gasteiger partial charge in [-0.05, 0) is 47.9 Å². The van der Waals surface area contributed by atoms with E-state index in [4.69, 9.17) is 0 Å². The second-order valence-electron chi connectivity index (χ2n) is 3.58. The average Bonchev–Trinajstić information content (AvgIpc) is 2.46. The topological polar surface area (TPSA) is 0 Å². The van der Waals surface area contributed by atoms with Crippen molar-refractivity contribution in [3.8, 4) is 0 Å². The van der Waals surface area contributed by atoms with E-state index in [-0.39, 0.29) is 0 Å². The lowest BCUT2D eigenvalue weighted by atomic mass is 10.0. The van der Waals surface area contributed by atoms with Crippen molar-refractivity contribution in [3.05, 3.63) is 34.2 Å². The van der Waals surface area contributed by atoms with Gasteiger partial charge in [-0.3, -0.25) is 0 Å². The van der Waals surface area contributed by atoms with Gasteiger partial charge in [0.15, 0.2) is 0 Å². The van der Waals surface area contributed by atoms with Crippen LogP contribution in [0.2, 0.25) is 0 Å². The molecule has 0 saturated heterocycles. The largest absolute Gasteiger partial charge is 0.416 e. The highest BCUT2D eigenvalue weighted by atomic mass is 32.1. The molecule has 0 N–H and O–H groups in total. The molecule has 0 atom stereocenters. The zero-order valence-electron chi connectivity index (χ0n) is 8.27. The molecule has 80 valence electrons. The first-order valence-corrected chi connectivity index (χ1v) is 5.33. The molecule has 2 aromatic rings. The Bertz CT molecular complexity index is 508. The first-order chi connectivity index (χ1) is 6.89. The normalized spacial score (nSPS) is 12.3. The maximum Gasteiger partial charge on any atom is 0.416 e. The summed E-state index contributed by atoms with van der Waals surface area (Å²) < 4.78 is 38.2. The molecule has 1 aromatic heterocycles. The molecular formula is C11H9F3S. The van der Waals surface area contributed by atoms with Crippen LogP contribution in [0.1, 0.15) is 16.7 Å². The van der Waals surface area contributed by atoms with Crippen LogP contribution in [0, 0.1) is 13.8 Å². The van der Waals surface area contributed by atoms with Gasteiger partial charge in [0.05, 0.1) is 5.56 Å². The average molecular weight is 230 g/mol. The maximum atomic E-state index is 12.5. The van der Waals surface area contributed by atoms with Gasteiger partial charge in [0.25, 0.3) is 0 Å². The van der Waals surface area contributed by atoms with E-state index in [1.165, 1.54) is 23.5 Å². The summed E-state index contributed by atoms with van der Waals surface area (Å²) in [6.07, 6.45) is -4.25. The highest BCUT2D eigenvalue weighted by molar-refractivity contribution is 7.17. The van der Waals surface area contributed by atoms with Crippen LogP contribution in [-0.2, 0) is 6.18 Å². The minimum Gasteiger partial charge on any atom is -0.166 e. The fourth-order valence-corrected chi connectivity index (χ4v) is 2.78. The molecule has 0 fully saturated rings. The van der Waals surface area contributed by atoms with Crippen LogP contribution >= 0.6 is 11.3 Å². The van der Waals surface area contributed by atoms with Crippen molar-refractivity contribution in [3.63, 3.8) is 0 Å². The van der Waals surface area contributed by atoms with Crippen molar-refractivity contribution in [1.82, 2.24) is 0 Å². The van der Waals surface area contributed by atoms with Crippen LogP contribution < -0.4 is 0 Å². The van der Waals surface area contributed by atoms with Gasteiger partial charge in [0.2, 0.25) is 0 Å². The summed E-state index contributed by atoms with van der Waals surface area (Å²) in [4.78, 5) is 0. The van der Waals surface area contributed by atoms with E-state index < -0.39 is 11.7 Å². The van der Waals surface area contributed by atoms with Crippen LogP contribution in [0.3, 0.4) is 0 Å². The Labute approximate surface area is 89.3 Å². The van der Waals surface area contributed by atoms with Crippen LogP contribution in [-0.4, -0.2) is 0 Å². The highest BCUT2D eigenvalue weighted by Crippen LogP contribution is 2.36. The van der Waals surface area contributed by atoms with Gasteiger partial charge in [0, 0.05) is 4.70 Å². The van der Waals surface area contributed by atoms with Crippen LogP contribution in [0.4, 0.5) is 13.2 Å². The Morgan fingerprint density at radius 1 is 1.07 bits per heavy atom. The molecule has 15 heavy (non-hydrogen) atoms. The molecule has 0 amide bonds. The number of rotatable bonds is 0. The van der Waals surface area contributed by atoms with E-state index in [0.29, 0.717) is 10.3 Å². The highest BCUT2D eigenvalue weighted by Gasteiger charge is 2.31. The summed E-state index contributed by atoms with van der Waals surface area (Å²) >= 11 is 1.36. The SMILES string of the molecule is Cc1csc2cc(C(F)(F)F)cc(C)c12. The minimum atomic E-state index is -4.25. The number of benzene rings is 1. The van der Waals surface area contributed by atoms with Crippen molar-refractivity contribution in [2.75, 3.05) is 0 Å². The van der Waals surface area contributed by atoms with Crippen molar-refractivity contribution < 1.29 is 13.2 Å². The van der Waals surface area contributed by atoms with E-state index >= 15 is 0 Å². The lowest BCUT2D eigenvalue weighted by Gasteiger charge is -2.08. The predicted octanol–water partition coefficient (Wildman–Crippen LogP) is 4.54. The molecule has 0 radical (unpaired) electrons. The molecule has 0 aliphatic rings. The molecule has 0 spiro atoms. The molecule has 2 rings (SSSR count). The lowest BCUT2D eigenvalue weighted by molar-refractivity contribution is -0.137. The molecule has 1 heterocycles. The number of fused-ring (bicyclic) bond motifs is 1. The second-order valence-corrected chi connectivity index (χ2v) is 4.49. The van der Waals surface area contributed by atoms with Crippen LogP contribution in [0.5, 0.6) is 0 Å². The van der Waals surface area contributed by atoms with Crippen molar-refractivity contribution in [2.24, 2.45) is 0 Å². The molecule has 0 bridgehead atoms. The second kappa shape index (κ2) is 3.23. The fraction of sp³-hybridized carbons (Fsp3) is 0.273. The Balaban J connectivity index is 2.74. The lowest BCUT2D eigenvalue weighted by Crippen LogP contribution is -2.04. The quantitative estimate of drug-likeness (QED) is 0.623. The van der Waals surface area contributed by atoms with Gasteiger partial charge >= 0.3 is 6.18 Å². The standard InChI is InChI=1S/C11H9F3S/c1-6-3-8(11(12,13)14)4-9-10(6)7(2)5-15-9/h3-5H,1-2H3. The number of hydrogen-bond donors (Lipinski definition) is 0. The summed E-state index contributed by atoms with van der Waals surface area (Å²) in [6, 6.07) is 2.43. The van der Waals surface area contributed by atoms with E-state index in [2.05, 4.69) is 0 Å². The molecular weight excluding hydrogens is 221 g/mol. The zero-order chi connectivity index (χ0) is 11.2. The monoisotopic (exact) mass is 230 g/mol. The molecule has 0 nitrogen and oxygen atoms in total. The Hall–Kier alpha value is -1.03. The van der Waals surface area contributed by atoms with Gasteiger partial charge in [-0.2, -0.15) is 13.2 Å². The molecule has 0 unspecified atom stereocenters. The smallest absolute Gasteiger partial charge is 0.166 e. The summed E-state index contributed by atoms with van der Waals surface area (Å²) in [5, 5.41) is 2.84. The Morgan fingerprint density at radius 3 is 2.33 bits per heavy atom. The molecule has 0 aliphatic carbocycles. The van der Waals surface area contributed by atoms with Gasteiger partial charge in [-0.1, -0.05) is 0 Å². The van der Waals surface area contributed by atoms with E-state index in [9.17, 15) is 13.2 Å². The first kappa shape index (κ1) is 10.5. The van der Waals surface area contributed by atoms with Gasteiger partial charge in [0.1, 0.15) is 0 Å². The van der Waals surface area contributed by atoms with Crippen LogP contribution in [0.25, 0.3) is 10.1 Å². The van der Waals surface area contributed by atoms with Gasteiger partial charge in [-0.25, -0.2) is 0 Å². The maximum absolute atomic E-state index is 12.5. The van der Waals surface area contributed by atoms with E-state index in [1.807, 2.05) is 12.3 Å². The number of halogens is 3. The third-order valence-corrected chi connectivity index (χ3v) is 3.43. The molecule has 0 saturated carbocycles. The molecule has 1 aromatic carbocycles. The van der Waals surface area contributed by atoms with Gasteiger partial charge < -0.3 is 0 Å². The van der Waals surface area contributed by atoms with Gasteiger partial charge in [-0.15, -0.1) is 11.3 Å². The third-order valence-electron chi connectivity index (χ3n) is 2.38. The fourth-order valence-electron chi connectivity index (χ4n) is 1.73. The van der Waals surface area contributed by atoms with Crippen molar-refractivity contribution in [1.29, 1.82) is 0 Å². The molecule has 4 heteroatoms. The van der Waals surface area contributed by atoms with E-state index in [1.54, 1.807) is 6.92 Å². The number of aryl methyl sites for hydroxylation is 2. The van der Waals surface area contributed by atoms with E-state index in [0.717, 1.165) is 10.9 Å². The Morgan fingerprint density at radius 2 is 1.73 bits per heavy atom. The number of hydrogen-bond acceptors (Lipinski definition) is 1. The zero-order valence-corrected chi connectivity index (χ0v) is 9.09. The third kappa shape index (κ3) is 1.74.